The third kappa shape index (κ3) is 2.77. The molecule has 8 heteroatoms. The molecule has 23 heavy (non-hydrogen) atoms. The van der Waals surface area contributed by atoms with Gasteiger partial charge in [0, 0.05) is 5.92 Å². The highest BCUT2D eigenvalue weighted by Gasteiger charge is 2.27. The first-order chi connectivity index (χ1) is 11.2. The molecule has 3 aromatic rings. The molecule has 1 aliphatic carbocycles. The Morgan fingerprint density at radius 3 is 3.04 bits per heavy atom. The van der Waals surface area contributed by atoms with Crippen LogP contribution in [0.3, 0.4) is 0 Å². The fourth-order valence-corrected chi connectivity index (χ4v) is 3.21. The maximum absolute atomic E-state index is 11.6. The van der Waals surface area contributed by atoms with E-state index in [4.69, 9.17) is 9.47 Å². The second-order valence-electron chi connectivity index (χ2n) is 5.34. The molecule has 0 radical (unpaired) electrons. The number of methoxy groups -OCH3 is 1. The minimum atomic E-state index is -0.407. The van der Waals surface area contributed by atoms with Crippen molar-refractivity contribution in [1.82, 2.24) is 19.8 Å². The van der Waals surface area contributed by atoms with Crippen molar-refractivity contribution < 1.29 is 14.3 Å². The van der Waals surface area contributed by atoms with Crippen molar-refractivity contribution in [1.29, 1.82) is 0 Å². The normalized spacial score (nSPS) is 14.1. The lowest BCUT2D eigenvalue weighted by Crippen LogP contribution is -2.01. The lowest BCUT2D eigenvalue weighted by molar-refractivity contribution is 0.0603. The van der Waals surface area contributed by atoms with E-state index >= 15 is 0 Å². The van der Waals surface area contributed by atoms with E-state index in [-0.39, 0.29) is 0 Å². The van der Waals surface area contributed by atoms with Gasteiger partial charge in [-0.25, -0.2) is 9.31 Å². The number of carbonyl (C=O) groups is 1. The average molecular weight is 330 g/mol. The van der Waals surface area contributed by atoms with Crippen molar-refractivity contribution >= 4 is 22.8 Å². The third-order valence-corrected chi connectivity index (χ3v) is 4.72. The number of hydrogen-bond acceptors (Lipinski definition) is 7. The van der Waals surface area contributed by atoms with E-state index in [0.717, 1.165) is 10.0 Å². The molecular weight excluding hydrogens is 316 g/mol. The van der Waals surface area contributed by atoms with Crippen LogP contribution in [0.5, 0.6) is 5.75 Å². The first-order valence-corrected chi connectivity index (χ1v) is 8.07. The predicted molar refractivity (Wildman–Crippen MR) is 82.7 cm³/mol. The van der Waals surface area contributed by atoms with Crippen LogP contribution in [0.4, 0.5) is 0 Å². The summed E-state index contributed by atoms with van der Waals surface area (Å²) in [5, 5.41) is 14.5. The number of pyridine rings is 1. The van der Waals surface area contributed by atoms with Crippen molar-refractivity contribution in [2.24, 2.45) is 0 Å². The van der Waals surface area contributed by atoms with E-state index in [2.05, 4.69) is 15.3 Å². The van der Waals surface area contributed by atoms with Gasteiger partial charge in [-0.2, -0.15) is 5.10 Å². The van der Waals surface area contributed by atoms with E-state index in [1.165, 1.54) is 26.1 Å². The summed E-state index contributed by atoms with van der Waals surface area (Å²) in [6.07, 6.45) is 5.64. The molecule has 0 aliphatic heterocycles. The SMILES string of the molecule is COC(=O)c1cnn2cc(OCc3nnc(C4CC4)s3)ccc12. The third-order valence-electron chi connectivity index (χ3n) is 3.67. The second kappa shape index (κ2) is 5.62. The highest BCUT2D eigenvalue weighted by molar-refractivity contribution is 7.11. The Kier molecular flexibility index (Phi) is 3.45. The monoisotopic (exact) mass is 330 g/mol. The van der Waals surface area contributed by atoms with Crippen LogP contribution in [0.15, 0.2) is 24.5 Å². The first kappa shape index (κ1) is 14.1. The number of hydrogen-bond donors (Lipinski definition) is 0. The van der Waals surface area contributed by atoms with Crippen molar-refractivity contribution in [3.8, 4) is 5.75 Å². The van der Waals surface area contributed by atoms with Gasteiger partial charge in [-0.15, -0.1) is 10.2 Å². The van der Waals surface area contributed by atoms with E-state index in [1.807, 2.05) is 0 Å². The van der Waals surface area contributed by atoms with Crippen LogP contribution >= 0.6 is 11.3 Å². The standard InChI is InChI=1S/C15H14N4O3S/c1-21-15(20)11-6-16-19-7-10(4-5-12(11)19)22-8-13-17-18-14(23-13)9-2-3-9/h4-7,9H,2-3,8H2,1H3. The quantitative estimate of drug-likeness (QED) is 0.669. The summed E-state index contributed by atoms with van der Waals surface area (Å²) in [6.45, 7) is 0.376. The predicted octanol–water partition coefficient (Wildman–Crippen LogP) is 2.43. The molecule has 1 aliphatic rings. The van der Waals surface area contributed by atoms with Crippen molar-refractivity contribution in [2.75, 3.05) is 7.11 Å². The van der Waals surface area contributed by atoms with Crippen molar-refractivity contribution in [2.45, 2.75) is 25.4 Å². The lowest BCUT2D eigenvalue weighted by atomic mass is 10.2. The molecule has 4 rings (SSSR count). The largest absolute Gasteiger partial charge is 0.485 e. The maximum atomic E-state index is 11.6. The molecule has 3 heterocycles. The Balaban J connectivity index is 1.49. The Morgan fingerprint density at radius 2 is 2.26 bits per heavy atom. The number of ether oxygens (including phenoxy) is 2. The van der Waals surface area contributed by atoms with Gasteiger partial charge in [0.05, 0.1) is 25.0 Å². The molecule has 3 aromatic heterocycles. The van der Waals surface area contributed by atoms with Crippen LogP contribution in [0, 0.1) is 0 Å². The van der Waals surface area contributed by atoms with Gasteiger partial charge in [-0.05, 0) is 25.0 Å². The minimum absolute atomic E-state index is 0.376. The zero-order valence-electron chi connectivity index (χ0n) is 12.4. The van der Waals surface area contributed by atoms with E-state index in [1.54, 1.807) is 34.2 Å². The van der Waals surface area contributed by atoms with Crippen LogP contribution in [-0.4, -0.2) is 32.9 Å². The van der Waals surface area contributed by atoms with Crippen LogP contribution < -0.4 is 4.74 Å². The summed E-state index contributed by atoms with van der Waals surface area (Å²) < 4.78 is 12.1. The van der Waals surface area contributed by atoms with E-state index in [0.29, 0.717) is 29.4 Å². The molecule has 1 fully saturated rings. The van der Waals surface area contributed by atoms with Gasteiger partial charge >= 0.3 is 5.97 Å². The number of fused-ring (bicyclic) bond motifs is 1. The van der Waals surface area contributed by atoms with Crippen LogP contribution in [-0.2, 0) is 11.3 Å². The minimum Gasteiger partial charge on any atom is -0.485 e. The van der Waals surface area contributed by atoms with Crippen molar-refractivity contribution in [3.63, 3.8) is 0 Å². The fourth-order valence-electron chi connectivity index (χ4n) is 2.28. The molecule has 7 nitrogen and oxygen atoms in total. The molecule has 1 saturated carbocycles. The number of rotatable bonds is 5. The molecule has 0 saturated heterocycles. The Labute approximate surface area is 135 Å². The molecule has 0 spiro atoms. The summed E-state index contributed by atoms with van der Waals surface area (Å²) in [5.41, 5.74) is 1.10. The number of esters is 1. The Bertz CT molecular complexity index is 869. The van der Waals surface area contributed by atoms with Gasteiger partial charge in [-0.3, -0.25) is 0 Å². The molecule has 0 bridgehead atoms. The Morgan fingerprint density at radius 1 is 1.39 bits per heavy atom. The zero-order valence-corrected chi connectivity index (χ0v) is 13.2. The number of carbonyl (C=O) groups excluding carboxylic acids is 1. The average Bonchev–Trinajstić information content (AvgIpc) is 3.17. The smallest absolute Gasteiger partial charge is 0.341 e. The fraction of sp³-hybridized carbons (Fsp3) is 0.333. The number of nitrogens with zero attached hydrogens (tertiary/aromatic N) is 4. The molecule has 0 amide bonds. The first-order valence-electron chi connectivity index (χ1n) is 7.25. The topological polar surface area (TPSA) is 78.6 Å². The lowest BCUT2D eigenvalue weighted by Gasteiger charge is -2.04. The van der Waals surface area contributed by atoms with Gasteiger partial charge in [0.25, 0.3) is 0 Å². The summed E-state index contributed by atoms with van der Waals surface area (Å²) >= 11 is 1.61. The number of aromatic nitrogens is 4. The molecule has 0 N–H and O–H groups in total. The van der Waals surface area contributed by atoms with Crippen molar-refractivity contribution in [3.05, 3.63) is 40.1 Å². The molecule has 0 unspecified atom stereocenters. The van der Waals surface area contributed by atoms with Gasteiger partial charge in [0.2, 0.25) is 0 Å². The summed E-state index contributed by atoms with van der Waals surface area (Å²) in [6, 6.07) is 3.58. The van der Waals surface area contributed by atoms with E-state index < -0.39 is 5.97 Å². The Hall–Kier alpha value is -2.48. The van der Waals surface area contributed by atoms with Crippen LogP contribution in [0.2, 0.25) is 0 Å². The highest BCUT2D eigenvalue weighted by Crippen LogP contribution is 2.41. The van der Waals surface area contributed by atoms with Crippen LogP contribution in [0.1, 0.15) is 39.1 Å². The second-order valence-corrected chi connectivity index (χ2v) is 6.44. The van der Waals surface area contributed by atoms with Gasteiger partial charge < -0.3 is 9.47 Å². The summed E-state index contributed by atoms with van der Waals surface area (Å²) in [7, 11) is 1.35. The molecule has 0 atom stereocenters. The van der Waals surface area contributed by atoms with Crippen LogP contribution in [0.25, 0.3) is 5.52 Å². The molecular formula is C15H14N4O3S. The summed E-state index contributed by atoms with van der Waals surface area (Å²) in [5.74, 6) is 0.855. The maximum Gasteiger partial charge on any atom is 0.341 e. The molecule has 118 valence electrons. The highest BCUT2D eigenvalue weighted by atomic mass is 32.1. The van der Waals surface area contributed by atoms with E-state index in [9.17, 15) is 4.79 Å². The van der Waals surface area contributed by atoms with Gasteiger partial charge in [0.1, 0.15) is 22.9 Å². The zero-order chi connectivity index (χ0) is 15.8. The van der Waals surface area contributed by atoms with Gasteiger partial charge in [-0.1, -0.05) is 11.3 Å². The van der Waals surface area contributed by atoms with Gasteiger partial charge in [0.15, 0.2) is 5.01 Å². The molecule has 0 aromatic carbocycles. The summed E-state index contributed by atoms with van der Waals surface area (Å²) in [4.78, 5) is 11.6.